The van der Waals surface area contributed by atoms with Gasteiger partial charge in [-0.25, -0.2) is 19.2 Å². The van der Waals surface area contributed by atoms with Gasteiger partial charge in [0, 0.05) is 92.9 Å². The van der Waals surface area contributed by atoms with E-state index < -0.39 is 71.8 Å². The van der Waals surface area contributed by atoms with E-state index in [0.29, 0.717) is 65.8 Å². The third kappa shape index (κ3) is 17.9. The summed E-state index contributed by atoms with van der Waals surface area (Å²) in [5.41, 5.74) is 4.78. The van der Waals surface area contributed by atoms with Gasteiger partial charge >= 0.3 is 23.9 Å². The normalized spacial score (nSPS) is 21.5. The minimum absolute atomic E-state index is 0.00562. The monoisotopic (exact) mass is 1330 g/mol. The topological polar surface area (TPSA) is 337 Å². The maximum atomic E-state index is 12.7. The summed E-state index contributed by atoms with van der Waals surface area (Å²) in [5, 5.41) is 65.8. The molecule has 2 amide bonds. The van der Waals surface area contributed by atoms with E-state index >= 15 is 0 Å². The molecule has 26 heteroatoms. The predicted molar refractivity (Wildman–Crippen MR) is 348 cm³/mol. The zero-order valence-electron chi connectivity index (χ0n) is 49.4. The van der Waals surface area contributed by atoms with E-state index in [2.05, 4.69) is 10.6 Å². The Kier molecular flexibility index (Phi) is 23.7. The molecule has 8 unspecified atom stereocenters. The molecule has 0 radical (unpaired) electrons. The van der Waals surface area contributed by atoms with Crippen LogP contribution < -0.4 is 10.6 Å². The lowest BCUT2D eigenvalue weighted by Crippen LogP contribution is -2.45. The number of thioether (sulfide) groups is 2. The highest BCUT2D eigenvalue weighted by atomic mass is 32.2. The van der Waals surface area contributed by atoms with Crippen LogP contribution in [0.25, 0.3) is 11.1 Å². The van der Waals surface area contributed by atoms with Crippen molar-refractivity contribution in [1.29, 1.82) is 0 Å². The Bertz CT molecular complexity index is 3410. The van der Waals surface area contributed by atoms with E-state index in [0.717, 1.165) is 12.8 Å². The maximum absolute atomic E-state index is 12.7. The average Bonchev–Trinajstić information content (AvgIpc) is 0.765. The number of fused-ring (bicyclic) bond motifs is 4. The van der Waals surface area contributed by atoms with Crippen molar-refractivity contribution in [3.8, 4) is 0 Å². The van der Waals surface area contributed by atoms with E-state index in [4.69, 9.17) is 52.9 Å². The third-order valence-electron chi connectivity index (χ3n) is 15.6. The fourth-order valence-corrected chi connectivity index (χ4v) is 14.6. The number of benzene rings is 2. The Morgan fingerprint density at radius 2 is 0.957 bits per heavy atom. The van der Waals surface area contributed by atoms with Crippen molar-refractivity contribution in [1.82, 2.24) is 10.6 Å². The number of ether oxygens (including phenoxy) is 6. The number of aliphatic carboxylic acids is 2. The van der Waals surface area contributed by atoms with Crippen molar-refractivity contribution in [3.63, 3.8) is 0 Å². The molecule has 0 saturated heterocycles. The van der Waals surface area contributed by atoms with Crippen LogP contribution in [-0.2, 0) is 70.0 Å². The lowest BCUT2D eigenvalue weighted by atomic mass is 9.78. The zero-order valence-corrected chi connectivity index (χ0v) is 52.6. The van der Waals surface area contributed by atoms with Crippen molar-refractivity contribution >= 4 is 116 Å². The zero-order chi connectivity index (χ0) is 65.6. The largest absolute Gasteiger partial charge is 0.508 e. The fourth-order valence-electron chi connectivity index (χ4n) is 11.0. The van der Waals surface area contributed by atoms with Crippen LogP contribution in [0.1, 0.15) is 68.7 Å². The third-order valence-corrected chi connectivity index (χ3v) is 19.3. The van der Waals surface area contributed by atoms with Gasteiger partial charge in [0.25, 0.3) is 0 Å². The number of carbonyl (C=O) groups is 8. The molecular weight excluding hydrogens is 1270 g/mol. The van der Waals surface area contributed by atoms with Crippen molar-refractivity contribution in [2.75, 3.05) is 64.4 Å². The Labute approximate surface area is 547 Å². The standard InChI is InChI=1S/C66H66N2O20S4/c69-37-3-9-45-53(27-37)87-54-28-38(70)4-10-46(54)61(45)43-7-1-35(25-49(43)63(75)76)23-41(89)31-85-21-19-83-17-15-59(73)67-51(65(79)80)33-91-57-13-14-58(57)92-34-52(66(81)82)68-60(74)16-18-84-20-22-86-32-42(90)24-36-2-8-44(50(26-36)64(77)78)62-47-11-5-39(71)29-55(47)88-56-30-40(72)6-12-48(56)62/h1-12,25-30,45,47,51-52,54,56-58,70,72H,13-24,31-34H2,(H,67,73)(H,68,74)(H,75,76)(H,77,78)(H,79,80)(H,81,82). The van der Waals surface area contributed by atoms with Gasteiger partial charge in [-0.2, -0.15) is 23.5 Å². The van der Waals surface area contributed by atoms with Gasteiger partial charge in [0.05, 0.1) is 75.8 Å². The number of aliphatic hydroxyl groups excluding tert-OH is 2. The Balaban J connectivity index is 0.618. The number of aromatic carboxylic acids is 2. The highest BCUT2D eigenvalue weighted by Gasteiger charge is 2.40. The molecule has 9 rings (SSSR count). The van der Waals surface area contributed by atoms with Gasteiger partial charge in [0.15, 0.2) is 11.6 Å². The smallest absolute Gasteiger partial charge is 0.336 e. The van der Waals surface area contributed by atoms with Crippen LogP contribution in [0.2, 0.25) is 0 Å². The summed E-state index contributed by atoms with van der Waals surface area (Å²) in [4.78, 5) is 100. The predicted octanol–water partition coefficient (Wildman–Crippen LogP) is 7.20. The maximum Gasteiger partial charge on any atom is 0.336 e. The SMILES string of the molecule is O=C1C=CC2C(=C1)OC1C=C(O)C=CC1=C2c1ccc(CC(=S)COCCOCCC(=O)NC(CSC2CCC2SCC(NC(=O)CCOCCOCC(=S)Cc2ccc(C3=C4C=CC(O)=CC4OC4=CC(=O)C=CC43)c(C(=O)O)c2)C(=O)O)C(=O)O)cc1C(=O)O. The number of nitrogens with one attached hydrogen (secondary N) is 2. The van der Waals surface area contributed by atoms with Crippen molar-refractivity contribution < 1.29 is 97.4 Å². The lowest BCUT2D eigenvalue weighted by molar-refractivity contribution is -0.141. The number of allylic oxidation sites excluding steroid dienone is 8. The van der Waals surface area contributed by atoms with Crippen LogP contribution in [0, 0.1) is 11.8 Å². The Morgan fingerprint density at radius 3 is 1.34 bits per heavy atom. The van der Waals surface area contributed by atoms with Gasteiger partial charge in [-0.3, -0.25) is 19.2 Å². The second kappa shape index (κ2) is 32.0. The molecular formula is C66H66N2O20S4. The molecule has 92 heavy (non-hydrogen) atoms. The molecule has 22 nitrogen and oxygen atoms in total. The summed E-state index contributed by atoms with van der Waals surface area (Å²) >= 11 is 13.8. The van der Waals surface area contributed by atoms with Gasteiger partial charge in [-0.15, -0.1) is 0 Å². The Hall–Kier alpha value is -8.08. The molecule has 8 N–H and O–H groups in total. The number of rotatable bonds is 34. The van der Waals surface area contributed by atoms with Crippen molar-refractivity contribution in [3.05, 3.63) is 177 Å². The molecule has 2 aliphatic heterocycles. The van der Waals surface area contributed by atoms with Gasteiger partial charge in [-0.1, -0.05) is 73.0 Å². The summed E-state index contributed by atoms with van der Waals surface area (Å²) in [6.45, 7) is 0.594. The van der Waals surface area contributed by atoms with Gasteiger partial charge in [-0.05, 0) is 82.7 Å². The van der Waals surface area contributed by atoms with Crippen molar-refractivity contribution in [2.45, 2.75) is 73.3 Å². The number of thiocarbonyl (C=S) groups is 2. The van der Waals surface area contributed by atoms with Gasteiger partial charge in [0.1, 0.15) is 47.3 Å². The minimum Gasteiger partial charge on any atom is -0.508 e. The quantitative estimate of drug-likeness (QED) is 0.0254. The number of ketones is 2. The first-order valence-electron chi connectivity index (χ1n) is 29.4. The average molecular weight is 1340 g/mol. The number of hydrogen-bond donors (Lipinski definition) is 8. The molecule has 1 saturated carbocycles. The molecule has 8 atom stereocenters. The molecule has 2 heterocycles. The second-order valence-corrected chi connectivity index (χ2v) is 25.8. The lowest BCUT2D eigenvalue weighted by Gasteiger charge is -2.36. The highest BCUT2D eigenvalue weighted by molar-refractivity contribution is 8.04. The molecule has 2 aromatic carbocycles. The molecule has 0 spiro atoms. The van der Waals surface area contributed by atoms with E-state index in [9.17, 15) is 69.0 Å². The minimum atomic E-state index is -1.21. The first-order valence-corrected chi connectivity index (χ1v) is 32.3. The molecule has 0 bridgehead atoms. The summed E-state index contributed by atoms with van der Waals surface area (Å²) in [7, 11) is 0. The second-order valence-electron chi connectivity index (χ2n) is 22.1. The fraction of sp³-hybridized carbons (Fsp3) is 0.364. The summed E-state index contributed by atoms with van der Waals surface area (Å²) in [5.74, 6) is -6.57. The van der Waals surface area contributed by atoms with E-state index in [1.165, 1.54) is 72.1 Å². The molecule has 2 aromatic rings. The first-order chi connectivity index (χ1) is 44.2. The van der Waals surface area contributed by atoms with Gasteiger partial charge in [0.2, 0.25) is 11.8 Å². The number of aliphatic hydroxyl groups is 2. The van der Waals surface area contributed by atoms with Gasteiger partial charge < -0.3 is 69.7 Å². The number of amides is 2. The number of carboxylic acids is 4. The summed E-state index contributed by atoms with van der Waals surface area (Å²) in [6, 6.07) is 7.68. The van der Waals surface area contributed by atoms with E-state index in [1.807, 2.05) is 0 Å². The molecule has 1 fully saturated rings. The summed E-state index contributed by atoms with van der Waals surface area (Å²) < 4.78 is 34.5. The molecule has 0 aromatic heterocycles. The van der Waals surface area contributed by atoms with Crippen LogP contribution in [0.15, 0.2) is 143 Å². The van der Waals surface area contributed by atoms with Crippen LogP contribution in [0.5, 0.6) is 0 Å². The van der Waals surface area contributed by atoms with Crippen molar-refractivity contribution in [2.24, 2.45) is 11.8 Å². The molecule has 5 aliphatic carbocycles. The first kappa shape index (κ1) is 68.3. The van der Waals surface area contributed by atoms with E-state index in [-0.39, 0.29) is 135 Å². The number of carboxylic acid groups (broad SMARTS) is 4. The number of carbonyl (C=O) groups excluding carboxylic acids is 4. The molecule has 484 valence electrons. The van der Waals surface area contributed by atoms with Crippen LogP contribution in [0.4, 0.5) is 0 Å². The van der Waals surface area contributed by atoms with Crippen LogP contribution >= 0.6 is 48.0 Å². The van der Waals surface area contributed by atoms with E-state index in [1.54, 1.807) is 60.7 Å². The number of hydrogen-bond acceptors (Lipinski definition) is 20. The molecule has 7 aliphatic rings. The summed E-state index contributed by atoms with van der Waals surface area (Å²) in [6.07, 6.45) is 18.5. The van der Waals surface area contributed by atoms with Crippen LogP contribution in [-0.4, -0.2) is 187 Å². The van der Waals surface area contributed by atoms with Crippen LogP contribution in [0.3, 0.4) is 0 Å². The Morgan fingerprint density at radius 1 is 0.554 bits per heavy atom. The highest BCUT2D eigenvalue weighted by Crippen LogP contribution is 2.47.